The highest BCUT2D eigenvalue weighted by atomic mass is 32.1. The predicted molar refractivity (Wildman–Crippen MR) is 98.2 cm³/mol. The van der Waals surface area contributed by atoms with Crippen molar-refractivity contribution in [2.24, 2.45) is 0 Å². The fraction of sp³-hybridized carbons (Fsp3) is 0.111. The summed E-state index contributed by atoms with van der Waals surface area (Å²) in [6, 6.07) is 14.7. The zero-order chi connectivity index (χ0) is 17.8. The molecule has 0 fully saturated rings. The molecule has 0 unspecified atom stereocenters. The fourth-order valence-electron chi connectivity index (χ4n) is 2.14. The van der Waals surface area contributed by atoms with E-state index in [9.17, 15) is 9.59 Å². The average molecular weight is 352 g/mol. The molecule has 2 amide bonds. The molecule has 3 rings (SSSR count). The van der Waals surface area contributed by atoms with E-state index in [1.165, 1.54) is 0 Å². The molecule has 0 saturated carbocycles. The summed E-state index contributed by atoms with van der Waals surface area (Å²) in [7, 11) is 0. The maximum Gasteiger partial charge on any atom is 0.277 e. The Kier molecular flexibility index (Phi) is 4.85. The van der Waals surface area contributed by atoms with Crippen molar-refractivity contribution >= 4 is 34.9 Å². The van der Waals surface area contributed by atoms with Crippen LogP contribution in [0.2, 0.25) is 0 Å². The molecule has 1 aromatic heterocycles. The molecule has 0 radical (unpaired) electrons. The van der Waals surface area contributed by atoms with Crippen LogP contribution < -0.4 is 10.6 Å². The summed E-state index contributed by atoms with van der Waals surface area (Å²) >= 11 is 0.827. The van der Waals surface area contributed by atoms with Gasteiger partial charge in [0, 0.05) is 11.4 Å². The van der Waals surface area contributed by atoms with Crippen LogP contribution in [0.3, 0.4) is 0 Å². The van der Waals surface area contributed by atoms with Gasteiger partial charge in [-0.1, -0.05) is 35.4 Å². The maximum atomic E-state index is 12.4. The van der Waals surface area contributed by atoms with Crippen LogP contribution >= 0.6 is 11.7 Å². The van der Waals surface area contributed by atoms with E-state index in [4.69, 9.17) is 0 Å². The summed E-state index contributed by atoms with van der Waals surface area (Å²) in [6.45, 7) is 3.92. The van der Waals surface area contributed by atoms with Gasteiger partial charge in [0.1, 0.15) is 0 Å². The second-order valence-electron chi connectivity index (χ2n) is 5.60. The van der Waals surface area contributed by atoms with Gasteiger partial charge in [-0.15, -0.1) is 0 Å². The summed E-state index contributed by atoms with van der Waals surface area (Å²) in [5, 5.41) is 5.45. The fourth-order valence-corrected chi connectivity index (χ4v) is 2.68. The second-order valence-corrected chi connectivity index (χ2v) is 6.13. The van der Waals surface area contributed by atoms with Crippen LogP contribution in [0.25, 0.3) is 0 Å². The molecule has 1 heterocycles. The second kappa shape index (κ2) is 7.23. The van der Waals surface area contributed by atoms with E-state index in [1.54, 1.807) is 24.3 Å². The Hall–Kier alpha value is -3.06. The standard InChI is InChI=1S/C18H16N4O2S/c1-11-3-7-13(8-4-11)19-17(23)15-16(22-25-21-15)18(24)20-14-9-5-12(2)6-10-14/h3-10H,1-2H3,(H,19,23)(H,20,24). The quantitative estimate of drug-likeness (QED) is 0.750. The first-order valence-corrected chi connectivity index (χ1v) is 8.34. The molecule has 0 saturated heterocycles. The third kappa shape index (κ3) is 4.07. The van der Waals surface area contributed by atoms with Crippen molar-refractivity contribution in [2.45, 2.75) is 13.8 Å². The number of nitrogens with one attached hydrogen (secondary N) is 2. The number of aromatic nitrogens is 2. The number of anilines is 2. The number of amides is 2. The number of nitrogens with zero attached hydrogens (tertiary/aromatic N) is 2. The van der Waals surface area contributed by atoms with E-state index < -0.39 is 11.8 Å². The Labute approximate surface area is 149 Å². The number of aryl methyl sites for hydroxylation is 2. The van der Waals surface area contributed by atoms with Gasteiger partial charge in [0.2, 0.25) is 0 Å². The normalized spacial score (nSPS) is 10.3. The van der Waals surface area contributed by atoms with Gasteiger partial charge in [0.25, 0.3) is 11.8 Å². The molecule has 0 atom stereocenters. The summed E-state index contributed by atoms with van der Waals surface area (Å²) in [6.07, 6.45) is 0. The number of rotatable bonds is 4. The number of benzene rings is 2. The van der Waals surface area contributed by atoms with Gasteiger partial charge in [-0.2, -0.15) is 8.75 Å². The van der Waals surface area contributed by atoms with Gasteiger partial charge in [-0.25, -0.2) is 0 Å². The number of hydrogen-bond donors (Lipinski definition) is 2. The third-order valence-corrected chi connectivity index (χ3v) is 4.07. The summed E-state index contributed by atoms with van der Waals surface area (Å²) < 4.78 is 7.93. The molecule has 0 aliphatic rings. The minimum absolute atomic E-state index is 0.00943. The van der Waals surface area contributed by atoms with Crippen LogP contribution in [0.4, 0.5) is 11.4 Å². The summed E-state index contributed by atoms with van der Waals surface area (Å²) in [5.41, 5.74) is 3.46. The lowest BCUT2D eigenvalue weighted by Gasteiger charge is -2.06. The highest BCUT2D eigenvalue weighted by Gasteiger charge is 2.22. The van der Waals surface area contributed by atoms with E-state index >= 15 is 0 Å². The van der Waals surface area contributed by atoms with Crippen molar-refractivity contribution < 1.29 is 9.59 Å². The molecule has 126 valence electrons. The lowest BCUT2D eigenvalue weighted by atomic mass is 10.2. The smallest absolute Gasteiger partial charge is 0.277 e. The first-order chi connectivity index (χ1) is 12.0. The molecule has 7 heteroatoms. The van der Waals surface area contributed by atoms with Gasteiger partial charge >= 0.3 is 0 Å². The monoisotopic (exact) mass is 352 g/mol. The minimum Gasteiger partial charge on any atom is -0.321 e. The van der Waals surface area contributed by atoms with Gasteiger partial charge in [-0.3, -0.25) is 9.59 Å². The molecule has 3 aromatic rings. The first kappa shape index (κ1) is 16.8. The molecule has 0 spiro atoms. The lowest BCUT2D eigenvalue weighted by molar-refractivity contribution is 0.0985. The van der Waals surface area contributed by atoms with E-state index in [0.29, 0.717) is 11.4 Å². The van der Waals surface area contributed by atoms with Gasteiger partial charge in [0.05, 0.1) is 11.7 Å². The van der Waals surface area contributed by atoms with Gasteiger partial charge < -0.3 is 10.6 Å². The predicted octanol–water partition coefficient (Wildman–Crippen LogP) is 3.66. The Balaban J connectivity index is 1.74. The molecular formula is C18H16N4O2S. The topological polar surface area (TPSA) is 84.0 Å². The van der Waals surface area contributed by atoms with Crippen LogP contribution in [-0.2, 0) is 0 Å². The molecule has 0 aliphatic heterocycles. The van der Waals surface area contributed by atoms with Crippen LogP contribution in [0.15, 0.2) is 48.5 Å². The van der Waals surface area contributed by atoms with Crippen LogP contribution in [-0.4, -0.2) is 20.6 Å². The van der Waals surface area contributed by atoms with Crippen LogP contribution in [0.5, 0.6) is 0 Å². The van der Waals surface area contributed by atoms with Crippen molar-refractivity contribution in [3.8, 4) is 0 Å². The van der Waals surface area contributed by atoms with Crippen molar-refractivity contribution in [3.05, 3.63) is 71.0 Å². The van der Waals surface area contributed by atoms with Crippen molar-refractivity contribution in [1.82, 2.24) is 8.75 Å². The largest absolute Gasteiger partial charge is 0.321 e. The molecule has 6 nitrogen and oxygen atoms in total. The molecule has 2 aromatic carbocycles. The zero-order valence-corrected chi connectivity index (χ0v) is 14.6. The van der Waals surface area contributed by atoms with Crippen molar-refractivity contribution in [2.75, 3.05) is 10.6 Å². The number of hydrogen-bond acceptors (Lipinski definition) is 5. The molecule has 0 aliphatic carbocycles. The van der Waals surface area contributed by atoms with Crippen LogP contribution in [0, 0.1) is 13.8 Å². The third-order valence-electron chi connectivity index (χ3n) is 3.54. The van der Waals surface area contributed by atoms with Gasteiger partial charge in [-0.05, 0) is 38.1 Å². The maximum absolute atomic E-state index is 12.4. The SMILES string of the molecule is Cc1ccc(NC(=O)c2nsnc2C(=O)Nc2ccc(C)cc2)cc1. The van der Waals surface area contributed by atoms with E-state index in [1.807, 2.05) is 38.1 Å². The molecular weight excluding hydrogens is 336 g/mol. The minimum atomic E-state index is -0.466. The Morgan fingerprint density at radius 3 is 1.44 bits per heavy atom. The van der Waals surface area contributed by atoms with Crippen molar-refractivity contribution in [3.63, 3.8) is 0 Å². The van der Waals surface area contributed by atoms with E-state index in [2.05, 4.69) is 19.4 Å². The van der Waals surface area contributed by atoms with E-state index in [-0.39, 0.29) is 11.4 Å². The number of carbonyl (C=O) groups is 2. The van der Waals surface area contributed by atoms with E-state index in [0.717, 1.165) is 22.9 Å². The van der Waals surface area contributed by atoms with Gasteiger partial charge in [0.15, 0.2) is 11.4 Å². The summed E-state index contributed by atoms with van der Waals surface area (Å²) in [4.78, 5) is 24.8. The van der Waals surface area contributed by atoms with Crippen LogP contribution in [0.1, 0.15) is 32.1 Å². The lowest BCUT2D eigenvalue weighted by Crippen LogP contribution is -2.20. The highest BCUT2D eigenvalue weighted by Crippen LogP contribution is 2.15. The zero-order valence-electron chi connectivity index (χ0n) is 13.7. The Morgan fingerprint density at radius 2 is 1.08 bits per heavy atom. The molecule has 25 heavy (non-hydrogen) atoms. The Bertz CT molecular complexity index is 828. The highest BCUT2D eigenvalue weighted by molar-refractivity contribution is 6.99. The van der Waals surface area contributed by atoms with Crippen molar-refractivity contribution in [1.29, 1.82) is 0 Å². The Morgan fingerprint density at radius 1 is 0.720 bits per heavy atom. The average Bonchev–Trinajstić information content (AvgIpc) is 3.09. The molecule has 2 N–H and O–H groups in total. The number of carbonyl (C=O) groups excluding carboxylic acids is 2. The first-order valence-electron chi connectivity index (χ1n) is 7.61. The summed E-state index contributed by atoms with van der Waals surface area (Å²) in [5.74, 6) is -0.932. The molecule has 0 bridgehead atoms.